The summed E-state index contributed by atoms with van der Waals surface area (Å²) in [5.74, 6) is 1.70. The lowest BCUT2D eigenvalue weighted by Crippen LogP contribution is -1.88. The van der Waals surface area contributed by atoms with Gasteiger partial charge in [0.25, 0.3) is 5.89 Å². The first-order valence-electron chi connectivity index (χ1n) is 7.18. The molecule has 0 unspecified atom stereocenters. The van der Waals surface area contributed by atoms with Gasteiger partial charge in [0.1, 0.15) is 17.1 Å². The van der Waals surface area contributed by atoms with Gasteiger partial charge in [0.05, 0.1) is 12.8 Å². The maximum Gasteiger partial charge on any atom is 0.266 e. The number of methoxy groups -OCH3 is 1. The Morgan fingerprint density at radius 2 is 1.78 bits per heavy atom. The summed E-state index contributed by atoms with van der Waals surface area (Å²) in [4.78, 5) is 4.51. The zero-order valence-corrected chi connectivity index (χ0v) is 12.7. The summed E-state index contributed by atoms with van der Waals surface area (Å²) in [6.45, 7) is 1.93. The Kier molecular flexibility index (Phi) is 3.08. The van der Waals surface area contributed by atoms with Crippen LogP contribution < -0.4 is 4.74 Å². The van der Waals surface area contributed by atoms with Gasteiger partial charge < -0.3 is 9.15 Å². The second-order valence-corrected chi connectivity index (χ2v) is 5.12. The number of hydrogen-bond donors (Lipinski definition) is 0. The van der Waals surface area contributed by atoms with E-state index in [-0.39, 0.29) is 0 Å². The van der Waals surface area contributed by atoms with E-state index < -0.39 is 0 Å². The van der Waals surface area contributed by atoms with Crippen LogP contribution in [0.4, 0.5) is 0 Å². The van der Waals surface area contributed by atoms with Crippen LogP contribution in [0.3, 0.4) is 0 Å². The molecule has 0 saturated carbocycles. The van der Waals surface area contributed by atoms with E-state index >= 15 is 0 Å². The highest BCUT2D eigenvalue weighted by atomic mass is 16.5. The molecule has 0 spiro atoms. The lowest BCUT2D eigenvalue weighted by atomic mass is 10.2. The van der Waals surface area contributed by atoms with E-state index in [2.05, 4.69) is 15.2 Å². The molecular weight excluding hydrogens is 292 g/mol. The number of nitrogens with zero attached hydrogens (tertiary/aromatic N) is 4. The molecule has 0 aliphatic heterocycles. The van der Waals surface area contributed by atoms with E-state index in [1.54, 1.807) is 7.11 Å². The van der Waals surface area contributed by atoms with Crippen molar-refractivity contribution in [1.82, 2.24) is 19.6 Å². The number of hydrogen-bond acceptors (Lipinski definition) is 5. The highest BCUT2D eigenvalue weighted by Gasteiger charge is 2.17. The molecule has 6 heteroatoms. The standard InChI is InChI=1S/C17H14N4O2/c1-11-15(21-10-4-3-5-14(21)18-11)17-20-19-16(23-17)12-6-8-13(22-2)9-7-12/h3-10H,1-2H3. The first-order valence-corrected chi connectivity index (χ1v) is 7.18. The predicted octanol–water partition coefficient (Wildman–Crippen LogP) is 3.37. The number of ether oxygens (including phenoxy) is 1. The minimum Gasteiger partial charge on any atom is -0.497 e. The Labute approximate surface area is 132 Å². The van der Waals surface area contributed by atoms with Crippen LogP contribution in [0, 0.1) is 6.92 Å². The highest BCUT2D eigenvalue weighted by molar-refractivity contribution is 5.62. The molecule has 4 rings (SSSR count). The molecule has 4 aromatic rings. The smallest absolute Gasteiger partial charge is 0.266 e. The Bertz CT molecular complexity index is 970. The number of fused-ring (bicyclic) bond motifs is 1. The van der Waals surface area contributed by atoms with Crippen molar-refractivity contribution in [3.63, 3.8) is 0 Å². The summed E-state index contributed by atoms with van der Waals surface area (Å²) in [7, 11) is 1.63. The number of imidazole rings is 1. The van der Waals surface area contributed by atoms with Crippen LogP contribution in [0.2, 0.25) is 0 Å². The van der Waals surface area contributed by atoms with Crippen LogP contribution >= 0.6 is 0 Å². The van der Waals surface area contributed by atoms with Crippen LogP contribution in [-0.2, 0) is 0 Å². The lowest BCUT2D eigenvalue weighted by molar-refractivity contribution is 0.415. The molecule has 23 heavy (non-hydrogen) atoms. The van der Waals surface area contributed by atoms with Crippen molar-refractivity contribution < 1.29 is 9.15 Å². The molecule has 0 bridgehead atoms. The van der Waals surface area contributed by atoms with Gasteiger partial charge in [0, 0.05) is 11.8 Å². The minimum absolute atomic E-state index is 0.451. The molecular formula is C17H14N4O2. The maximum atomic E-state index is 5.85. The second kappa shape index (κ2) is 5.24. The molecule has 0 amide bonds. The van der Waals surface area contributed by atoms with Crippen LogP contribution in [0.1, 0.15) is 5.69 Å². The van der Waals surface area contributed by atoms with Crippen molar-refractivity contribution in [2.75, 3.05) is 7.11 Å². The van der Waals surface area contributed by atoms with Gasteiger partial charge in [-0.1, -0.05) is 6.07 Å². The Morgan fingerprint density at radius 3 is 2.57 bits per heavy atom. The zero-order chi connectivity index (χ0) is 15.8. The molecule has 0 fully saturated rings. The van der Waals surface area contributed by atoms with E-state index in [1.165, 1.54) is 0 Å². The first-order chi connectivity index (χ1) is 11.3. The topological polar surface area (TPSA) is 65.5 Å². The summed E-state index contributed by atoms with van der Waals surface area (Å²) < 4.78 is 13.0. The minimum atomic E-state index is 0.451. The fourth-order valence-electron chi connectivity index (χ4n) is 2.54. The van der Waals surface area contributed by atoms with Crippen molar-refractivity contribution in [1.29, 1.82) is 0 Å². The number of benzene rings is 1. The van der Waals surface area contributed by atoms with Gasteiger partial charge in [-0.25, -0.2) is 4.98 Å². The molecule has 0 aliphatic rings. The molecule has 0 N–H and O–H groups in total. The number of pyridine rings is 1. The Balaban J connectivity index is 1.78. The SMILES string of the molecule is COc1ccc(-c2nnc(-c3c(C)nc4ccccn34)o2)cc1. The predicted molar refractivity (Wildman–Crippen MR) is 85.2 cm³/mol. The molecule has 3 aromatic heterocycles. The quantitative estimate of drug-likeness (QED) is 0.580. The van der Waals surface area contributed by atoms with E-state index in [0.29, 0.717) is 11.8 Å². The van der Waals surface area contributed by atoms with Gasteiger partial charge in [-0.2, -0.15) is 0 Å². The number of aromatic nitrogens is 4. The fraction of sp³-hybridized carbons (Fsp3) is 0.118. The molecule has 114 valence electrons. The molecule has 3 heterocycles. The molecule has 0 atom stereocenters. The van der Waals surface area contributed by atoms with E-state index in [4.69, 9.17) is 9.15 Å². The Morgan fingerprint density at radius 1 is 1.00 bits per heavy atom. The van der Waals surface area contributed by atoms with Gasteiger partial charge in [0.15, 0.2) is 0 Å². The molecule has 0 saturated heterocycles. The van der Waals surface area contributed by atoms with Gasteiger partial charge in [0.2, 0.25) is 5.89 Å². The van der Waals surface area contributed by atoms with Crippen LogP contribution in [0.25, 0.3) is 28.7 Å². The number of aryl methyl sites for hydroxylation is 1. The average Bonchev–Trinajstić information content (AvgIpc) is 3.18. The van der Waals surface area contributed by atoms with E-state index in [0.717, 1.165) is 28.3 Å². The zero-order valence-electron chi connectivity index (χ0n) is 12.7. The molecule has 6 nitrogen and oxygen atoms in total. The lowest BCUT2D eigenvalue weighted by Gasteiger charge is -1.99. The Hall–Kier alpha value is -3.15. The maximum absolute atomic E-state index is 5.85. The van der Waals surface area contributed by atoms with Crippen molar-refractivity contribution in [2.24, 2.45) is 0 Å². The second-order valence-electron chi connectivity index (χ2n) is 5.12. The molecule has 0 radical (unpaired) electrons. The van der Waals surface area contributed by atoms with Crippen LogP contribution in [0.15, 0.2) is 53.1 Å². The summed E-state index contributed by atoms with van der Waals surface area (Å²) in [5, 5.41) is 8.33. The van der Waals surface area contributed by atoms with Gasteiger partial charge >= 0.3 is 0 Å². The third-order valence-electron chi connectivity index (χ3n) is 3.67. The fourth-order valence-corrected chi connectivity index (χ4v) is 2.54. The van der Waals surface area contributed by atoms with Crippen molar-refractivity contribution in [3.8, 4) is 28.8 Å². The van der Waals surface area contributed by atoms with Crippen LogP contribution in [-0.4, -0.2) is 26.7 Å². The summed E-state index contributed by atoms with van der Waals surface area (Å²) in [5.41, 5.74) is 3.36. The van der Waals surface area contributed by atoms with Crippen molar-refractivity contribution in [2.45, 2.75) is 6.92 Å². The monoisotopic (exact) mass is 306 g/mol. The third kappa shape index (κ3) is 2.24. The van der Waals surface area contributed by atoms with Crippen molar-refractivity contribution >= 4 is 5.65 Å². The van der Waals surface area contributed by atoms with Crippen molar-refractivity contribution in [3.05, 3.63) is 54.4 Å². The summed E-state index contributed by atoms with van der Waals surface area (Å²) in [6, 6.07) is 13.3. The average molecular weight is 306 g/mol. The third-order valence-corrected chi connectivity index (χ3v) is 3.67. The van der Waals surface area contributed by atoms with Gasteiger partial charge in [-0.15, -0.1) is 10.2 Å². The van der Waals surface area contributed by atoms with E-state index in [1.807, 2.05) is 60.0 Å². The molecule has 1 aromatic carbocycles. The molecule has 0 aliphatic carbocycles. The normalized spacial score (nSPS) is 11.0. The largest absolute Gasteiger partial charge is 0.497 e. The highest BCUT2D eigenvalue weighted by Crippen LogP contribution is 2.27. The first kappa shape index (κ1) is 13.5. The van der Waals surface area contributed by atoms with Gasteiger partial charge in [-0.05, 0) is 43.3 Å². The van der Waals surface area contributed by atoms with E-state index in [9.17, 15) is 0 Å². The number of rotatable bonds is 3. The van der Waals surface area contributed by atoms with Gasteiger partial charge in [-0.3, -0.25) is 4.40 Å². The van der Waals surface area contributed by atoms with Crippen LogP contribution in [0.5, 0.6) is 5.75 Å². The summed E-state index contributed by atoms with van der Waals surface area (Å²) >= 11 is 0. The summed E-state index contributed by atoms with van der Waals surface area (Å²) in [6.07, 6.45) is 1.93.